The molecule has 24 heavy (non-hydrogen) atoms. The Morgan fingerprint density at radius 1 is 1.21 bits per heavy atom. The van der Waals surface area contributed by atoms with Crippen molar-refractivity contribution in [1.29, 1.82) is 0 Å². The lowest BCUT2D eigenvalue weighted by Gasteiger charge is -2.09. The highest BCUT2D eigenvalue weighted by Crippen LogP contribution is 2.17. The molecule has 124 valence electrons. The van der Waals surface area contributed by atoms with Gasteiger partial charge < -0.3 is 5.32 Å². The summed E-state index contributed by atoms with van der Waals surface area (Å²) in [5.41, 5.74) is 3.18. The molecule has 1 amide bonds. The Kier molecular flexibility index (Phi) is 4.40. The Hall–Kier alpha value is -2.60. The van der Waals surface area contributed by atoms with E-state index in [2.05, 4.69) is 15.5 Å². The molecule has 0 fully saturated rings. The van der Waals surface area contributed by atoms with Gasteiger partial charge in [-0.1, -0.05) is 23.7 Å². The number of benzene rings is 1. The molecule has 2 aromatic heterocycles. The first-order chi connectivity index (χ1) is 11.5. The van der Waals surface area contributed by atoms with E-state index in [9.17, 15) is 4.79 Å². The number of amides is 1. The minimum atomic E-state index is -0.184. The molecule has 7 heteroatoms. The van der Waals surface area contributed by atoms with Crippen molar-refractivity contribution in [2.45, 2.75) is 20.4 Å². The van der Waals surface area contributed by atoms with Crippen LogP contribution < -0.4 is 5.32 Å². The van der Waals surface area contributed by atoms with Crippen molar-refractivity contribution in [3.05, 3.63) is 64.1 Å². The fourth-order valence-corrected chi connectivity index (χ4v) is 2.73. The summed E-state index contributed by atoms with van der Waals surface area (Å²) in [7, 11) is 1.82. The SMILES string of the molecule is Cc1nn(C)c(C)c1C(=O)Nc1ccnn1Cc1ccc(Cl)cc1. The van der Waals surface area contributed by atoms with Gasteiger partial charge in [0.15, 0.2) is 0 Å². The van der Waals surface area contributed by atoms with Crippen LogP contribution in [0.15, 0.2) is 36.5 Å². The van der Waals surface area contributed by atoms with Crippen LogP contribution in [0, 0.1) is 13.8 Å². The van der Waals surface area contributed by atoms with E-state index >= 15 is 0 Å². The number of carbonyl (C=O) groups is 1. The van der Waals surface area contributed by atoms with E-state index in [-0.39, 0.29) is 5.91 Å². The number of hydrogen-bond acceptors (Lipinski definition) is 3. The quantitative estimate of drug-likeness (QED) is 0.791. The Bertz CT molecular complexity index is 879. The number of aryl methyl sites for hydroxylation is 2. The molecule has 0 saturated heterocycles. The van der Waals surface area contributed by atoms with Crippen molar-refractivity contribution in [1.82, 2.24) is 19.6 Å². The largest absolute Gasteiger partial charge is 0.307 e. The van der Waals surface area contributed by atoms with E-state index < -0.39 is 0 Å². The number of nitrogens with one attached hydrogen (secondary N) is 1. The van der Waals surface area contributed by atoms with Crippen molar-refractivity contribution in [3.63, 3.8) is 0 Å². The predicted molar refractivity (Wildman–Crippen MR) is 93.4 cm³/mol. The van der Waals surface area contributed by atoms with E-state index in [0.29, 0.717) is 28.6 Å². The van der Waals surface area contributed by atoms with Crippen LogP contribution in [-0.4, -0.2) is 25.5 Å². The molecule has 3 rings (SSSR count). The summed E-state index contributed by atoms with van der Waals surface area (Å²) in [6, 6.07) is 9.31. The second-order valence-electron chi connectivity index (χ2n) is 5.62. The molecule has 0 aliphatic rings. The van der Waals surface area contributed by atoms with Gasteiger partial charge in [-0.2, -0.15) is 10.2 Å². The molecule has 0 aliphatic carbocycles. The zero-order valence-corrected chi connectivity index (χ0v) is 14.5. The Balaban J connectivity index is 1.80. The first kappa shape index (κ1) is 16.3. The number of rotatable bonds is 4. The summed E-state index contributed by atoms with van der Waals surface area (Å²) in [6.07, 6.45) is 1.66. The molecule has 2 heterocycles. The third-order valence-electron chi connectivity index (χ3n) is 3.94. The van der Waals surface area contributed by atoms with E-state index in [1.54, 1.807) is 21.6 Å². The minimum absolute atomic E-state index is 0.184. The van der Waals surface area contributed by atoms with Gasteiger partial charge in [0.2, 0.25) is 0 Å². The monoisotopic (exact) mass is 343 g/mol. The number of hydrogen-bond donors (Lipinski definition) is 1. The molecular formula is C17H18ClN5O. The molecule has 0 bridgehead atoms. The van der Waals surface area contributed by atoms with Gasteiger partial charge >= 0.3 is 0 Å². The van der Waals surface area contributed by atoms with Crippen molar-refractivity contribution >= 4 is 23.3 Å². The summed E-state index contributed by atoms with van der Waals surface area (Å²) in [6.45, 7) is 4.25. The number of carbonyl (C=O) groups excluding carboxylic acids is 1. The van der Waals surface area contributed by atoms with E-state index in [4.69, 9.17) is 11.6 Å². The molecule has 3 aromatic rings. The zero-order chi connectivity index (χ0) is 17.3. The number of nitrogens with zero attached hydrogens (tertiary/aromatic N) is 4. The van der Waals surface area contributed by atoms with Crippen molar-refractivity contribution in [2.75, 3.05) is 5.32 Å². The molecule has 1 aromatic carbocycles. The van der Waals surface area contributed by atoms with E-state index in [1.165, 1.54) is 0 Å². The lowest BCUT2D eigenvalue weighted by Crippen LogP contribution is -2.17. The predicted octanol–water partition coefficient (Wildman–Crippen LogP) is 3.19. The van der Waals surface area contributed by atoms with Crippen LogP contribution in [0.3, 0.4) is 0 Å². The summed E-state index contributed by atoms with van der Waals surface area (Å²) in [5, 5.41) is 12.2. The van der Waals surface area contributed by atoms with Gasteiger partial charge in [0.25, 0.3) is 5.91 Å². The van der Waals surface area contributed by atoms with Crippen molar-refractivity contribution < 1.29 is 4.79 Å². The zero-order valence-electron chi connectivity index (χ0n) is 13.7. The molecule has 0 unspecified atom stereocenters. The standard InChI is InChI=1S/C17H18ClN5O/c1-11-16(12(2)22(3)21-11)17(24)20-15-8-9-19-23(15)10-13-4-6-14(18)7-5-13/h4-9H,10H2,1-3H3,(H,20,24). The van der Waals surface area contributed by atoms with Crippen LogP contribution in [0.25, 0.3) is 0 Å². The van der Waals surface area contributed by atoms with Crippen LogP contribution in [0.4, 0.5) is 5.82 Å². The molecule has 6 nitrogen and oxygen atoms in total. The molecule has 0 spiro atoms. The lowest BCUT2D eigenvalue weighted by atomic mass is 10.2. The third-order valence-corrected chi connectivity index (χ3v) is 4.19. The fraction of sp³-hybridized carbons (Fsp3) is 0.235. The summed E-state index contributed by atoms with van der Waals surface area (Å²) in [5.74, 6) is 0.452. The van der Waals surface area contributed by atoms with Gasteiger partial charge in [-0.3, -0.25) is 9.48 Å². The maximum atomic E-state index is 12.6. The first-order valence-electron chi connectivity index (χ1n) is 7.53. The number of aromatic nitrogens is 4. The molecule has 0 aliphatic heterocycles. The van der Waals surface area contributed by atoms with Gasteiger partial charge in [0.05, 0.1) is 24.0 Å². The minimum Gasteiger partial charge on any atom is -0.307 e. The fourth-order valence-electron chi connectivity index (χ4n) is 2.61. The first-order valence-corrected chi connectivity index (χ1v) is 7.91. The molecular weight excluding hydrogens is 326 g/mol. The van der Waals surface area contributed by atoms with Gasteiger partial charge in [-0.05, 0) is 31.5 Å². The maximum absolute atomic E-state index is 12.6. The highest BCUT2D eigenvalue weighted by molar-refractivity contribution is 6.30. The second-order valence-corrected chi connectivity index (χ2v) is 6.06. The summed E-state index contributed by atoms with van der Waals surface area (Å²) >= 11 is 5.91. The highest BCUT2D eigenvalue weighted by Gasteiger charge is 2.18. The van der Waals surface area contributed by atoms with Gasteiger partial charge in [-0.15, -0.1) is 0 Å². The third kappa shape index (κ3) is 3.19. The molecule has 1 N–H and O–H groups in total. The second kappa shape index (κ2) is 6.49. The molecule has 0 atom stereocenters. The van der Waals surface area contributed by atoms with Crippen molar-refractivity contribution in [3.8, 4) is 0 Å². The molecule has 0 radical (unpaired) electrons. The maximum Gasteiger partial charge on any atom is 0.260 e. The smallest absolute Gasteiger partial charge is 0.260 e. The summed E-state index contributed by atoms with van der Waals surface area (Å²) in [4.78, 5) is 12.6. The van der Waals surface area contributed by atoms with E-state index in [0.717, 1.165) is 11.3 Å². The normalized spacial score (nSPS) is 10.8. The average molecular weight is 344 g/mol. The van der Waals surface area contributed by atoms with Gasteiger partial charge in [0, 0.05) is 23.8 Å². The Morgan fingerprint density at radius 2 is 1.92 bits per heavy atom. The van der Waals surface area contributed by atoms with Crippen LogP contribution in [0.1, 0.15) is 27.3 Å². The van der Waals surface area contributed by atoms with Crippen molar-refractivity contribution in [2.24, 2.45) is 7.05 Å². The summed E-state index contributed by atoms with van der Waals surface area (Å²) < 4.78 is 3.44. The Morgan fingerprint density at radius 3 is 2.54 bits per heavy atom. The average Bonchev–Trinajstić information content (AvgIpc) is 3.06. The van der Waals surface area contributed by atoms with Gasteiger partial charge in [-0.25, -0.2) is 4.68 Å². The van der Waals surface area contributed by atoms with Crippen LogP contribution in [0.5, 0.6) is 0 Å². The van der Waals surface area contributed by atoms with Gasteiger partial charge in [0.1, 0.15) is 5.82 Å². The molecule has 0 saturated carbocycles. The topological polar surface area (TPSA) is 64.7 Å². The Labute approximate surface area is 145 Å². The number of anilines is 1. The highest BCUT2D eigenvalue weighted by atomic mass is 35.5. The van der Waals surface area contributed by atoms with Crippen LogP contribution >= 0.6 is 11.6 Å². The van der Waals surface area contributed by atoms with Crippen LogP contribution in [0.2, 0.25) is 5.02 Å². The number of halogens is 1. The van der Waals surface area contributed by atoms with Crippen LogP contribution in [-0.2, 0) is 13.6 Å². The lowest BCUT2D eigenvalue weighted by molar-refractivity contribution is 0.102. The van der Waals surface area contributed by atoms with E-state index in [1.807, 2.05) is 45.2 Å².